The topological polar surface area (TPSA) is 82.6 Å². The van der Waals surface area contributed by atoms with E-state index in [0.29, 0.717) is 19.0 Å². The number of amides is 2. The number of hydrogen-bond donors (Lipinski definition) is 2. The van der Waals surface area contributed by atoms with Gasteiger partial charge in [-0.1, -0.05) is 0 Å². The molecule has 2 amide bonds. The van der Waals surface area contributed by atoms with Crippen molar-refractivity contribution in [3.8, 4) is 11.4 Å². The van der Waals surface area contributed by atoms with Crippen LogP contribution in [0.4, 0.5) is 16.3 Å². The van der Waals surface area contributed by atoms with Crippen LogP contribution in [0.15, 0.2) is 30.3 Å². The zero-order valence-corrected chi connectivity index (χ0v) is 22.3. The highest BCUT2D eigenvalue weighted by Crippen LogP contribution is 2.35. The summed E-state index contributed by atoms with van der Waals surface area (Å²) in [7, 11) is 2.11. The maximum Gasteiger partial charge on any atom is 0.319 e. The van der Waals surface area contributed by atoms with Crippen molar-refractivity contribution in [1.29, 1.82) is 0 Å². The van der Waals surface area contributed by atoms with Crippen LogP contribution >= 0.6 is 11.8 Å². The molecule has 35 heavy (non-hydrogen) atoms. The Morgan fingerprint density at radius 1 is 1.14 bits per heavy atom. The molecule has 2 fully saturated rings. The number of nitrogens with zero attached hydrogens (tertiary/aromatic N) is 4. The number of ether oxygens (including phenoxy) is 1. The van der Waals surface area contributed by atoms with Crippen LogP contribution < -0.4 is 15.5 Å². The SMILES string of the molecule is CSC(C)(C)c1cc(N2CCOC[C@@H]2C)nc(-c2ccc(NC(=O)NC3CCN(C)CC3)cc2)n1. The van der Waals surface area contributed by atoms with Gasteiger partial charge in [0.15, 0.2) is 5.82 Å². The van der Waals surface area contributed by atoms with Crippen LogP contribution in [-0.2, 0) is 9.48 Å². The van der Waals surface area contributed by atoms with E-state index < -0.39 is 0 Å². The molecular formula is C26H38N6O2S. The average molecular weight is 499 g/mol. The summed E-state index contributed by atoms with van der Waals surface area (Å²) >= 11 is 1.77. The van der Waals surface area contributed by atoms with Crippen molar-refractivity contribution in [2.24, 2.45) is 0 Å². The molecule has 1 atom stereocenters. The normalized spacial score (nSPS) is 20.0. The van der Waals surface area contributed by atoms with Crippen molar-refractivity contribution in [3.63, 3.8) is 0 Å². The second kappa shape index (κ2) is 11.1. The second-order valence-corrected chi connectivity index (χ2v) is 11.4. The molecule has 3 heterocycles. The average Bonchev–Trinajstić information content (AvgIpc) is 2.86. The number of benzene rings is 1. The first kappa shape index (κ1) is 25.7. The number of carbonyl (C=O) groups is 1. The molecule has 2 aliphatic rings. The van der Waals surface area contributed by atoms with Crippen LogP contribution in [0.1, 0.15) is 39.3 Å². The number of piperidine rings is 1. The molecule has 2 saturated heterocycles. The summed E-state index contributed by atoms with van der Waals surface area (Å²) in [6, 6.07) is 10.2. The Kier molecular flexibility index (Phi) is 8.19. The van der Waals surface area contributed by atoms with E-state index in [9.17, 15) is 4.79 Å². The fourth-order valence-electron chi connectivity index (χ4n) is 4.40. The Labute approximate surface area is 213 Å². The molecule has 2 N–H and O–H groups in total. The monoisotopic (exact) mass is 498 g/mol. The fourth-order valence-corrected chi connectivity index (χ4v) is 4.71. The van der Waals surface area contributed by atoms with E-state index in [1.807, 2.05) is 24.3 Å². The number of urea groups is 1. The summed E-state index contributed by atoms with van der Waals surface area (Å²) in [5, 5.41) is 6.06. The first-order chi connectivity index (χ1) is 16.7. The van der Waals surface area contributed by atoms with Gasteiger partial charge in [0.1, 0.15) is 5.82 Å². The van der Waals surface area contributed by atoms with Crippen molar-refractivity contribution in [2.75, 3.05) is 56.4 Å². The van der Waals surface area contributed by atoms with Gasteiger partial charge in [0, 0.05) is 29.9 Å². The molecule has 190 valence electrons. The Bertz CT molecular complexity index is 1010. The molecule has 4 rings (SSSR count). The number of aromatic nitrogens is 2. The Balaban J connectivity index is 1.52. The molecule has 9 heteroatoms. The Hall–Kier alpha value is -2.36. The molecule has 0 unspecified atom stereocenters. The van der Waals surface area contributed by atoms with Crippen LogP contribution in [0.5, 0.6) is 0 Å². The Morgan fingerprint density at radius 3 is 2.51 bits per heavy atom. The minimum atomic E-state index is -0.157. The number of likely N-dealkylation sites (tertiary alicyclic amines) is 1. The van der Waals surface area contributed by atoms with E-state index in [1.165, 1.54) is 0 Å². The molecular weight excluding hydrogens is 460 g/mol. The highest BCUT2D eigenvalue weighted by atomic mass is 32.2. The molecule has 1 aromatic carbocycles. The lowest BCUT2D eigenvalue weighted by molar-refractivity contribution is 0.0985. The van der Waals surface area contributed by atoms with Crippen molar-refractivity contribution < 1.29 is 9.53 Å². The summed E-state index contributed by atoms with van der Waals surface area (Å²) in [5.41, 5.74) is 2.68. The molecule has 0 bridgehead atoms. The van der Waals surface area contributed by atoms with Crippen molar-refractivity contribution >= 4 is 29.3 Å². The third kappa shape index (κ3) is 6.45. The Morgan fingerprint density at radius 2 is 1.86 bits per heavy atom. The highest BCUT2D eigenvalue weighted by molar-refractivity contribution is 7.99. The summed E-state index contributed by atoms with van der Waals surface area (Å²) in [4.78, 5) is 27.0. The molecule has 0 spiro atoms. The summed E-state index contributed by atoms with van der Waals surface area (Å²) in [5.74, 6) is 1.63. The lowest BCUT2D eigenvalue weighted by Crippen LogP contribution is -2.44. The quantitative estimate of drug-likeness (QED) is 0.618. The van der Waals surface area contributed by atoms with Gasteiger partial charge in [-0.3, -0.25) is 0 Å². The van der Waals surface area contributed by atoms with Gasteiger partial charge in [-0.25, -0.2) is 14.8 Å². The number of carbonyl (C=O) groups excluding carboxylic acids is 1. The minimum absolute atomic E-state index is 0.143. The third-order valence-corrected chi connectivity index (χ3v) is 8.19. The molecule has 0 saturated carbocycles. The first-order valence-electron chi connectivity index (χ1n) is 12.4. The lowest BCUT2D eigenvalue weighted by Gasteiger charge is -2.35. The fraction of sp³-hybridized carbons (Fsp3) is 0.577. The number of rotatable bonds is 6. The maximum atomic E-state index is 12.5. The van der Waals surface area contributed by atoms with Crippen LogP contribution in [0.25, 0.3) is 11.4 Å². The summed E-state index contributed by atoms with van der Waals surface area (Å²) in [6.07, 6.45) is 4.07. The third-order valence-electron chi connectivity index (χ3n) is 6.96. The number of hydrogen-bond acceptors (Lipinski definition) is 7. The van der Waals surface area contributed by atoms with E-state index in [-0.39, 0.29) is 22.9 Å². The minimum Gasteiger partial charge on any atom is -0.377 e. The maximum absolute atomic E-state index is 12.5. The molecule has 2 aliphatic heterocycles. The van der Waals surface area contributed by atoms with E-state index in [0.717, 1.165) is 55.2 Å². The van der Waals surface area contributed by atoms with Gasteiger partial charge in [-0.2, -0.15) is 11.8 Å². The number of morpholine rings is 1. The van der Waals surface area contributed by atoms with Gasteiger partial charge >= 0.3 is 6.03 Å². The number of anilines is 2. The molecule has 1 aromatic heterocycles. The zero-order chi connectivity index (χ0) is 25.0. The highest BCUT2D eigenvalue weighted by Gasteiger charge is 2.27. The molecule has 8 nitrogen and oxygen atoms in total. The van der Waals surface area contributed by atoms with Crippen LogP contribution in [0.2, 0.25) is 0 Å². The van der Waals surface area contributed by atoms with Gasteiger partial charge in [0.25, 0.3) is 0 Å². The second-order valence-electron chi connectivity index (χ2n) is 10.0. The van der Waals surface area contributed by atoms with Gasteiger partial charge in [-0.15, -0.1) is 0 Å². The van der Waals surface area contributed by atoms with Gasteiger partial charge in [0.05, 0.1) is 29.7 Å². The summed E-state index contributed by atoms with van der Waals surface area (Å²) < 4.78 is 5.49. The van der Waals surface area contributed by atoms with Crippen LogP contribution in [0.3, 0.4) is 0 Å². The molecule has 0 aliphatic carbocycles. The predicted octanol–water partition coefficient (Wildman–Crippen LogP) is 4.18. The van der Waals surface area contributed by atoms with Crippen molar-refractivity contribution in [2.45, 2.75) is 50.4 Å². The van der Waals surface area contributed by atoms with Gasteiger partial charge in [-0.05, 0) is 84.3 Å². The zero-order valence-electron chi connectivity index (χ0n) is 21.5. The van der Waals surface area contributed by atoms with E-state index in [1.54, 1.807) is 11.8 Å². The van der Waals surface area contributed by atoms with E-state index >= 15 is 0 Å². The predicted molar refractivity (Wildman–Crippen MR) is 144 cm³/mol. The first-order valence-corrected chi connectivity index (χ1v) is 13.6. The number of thioether (sulfide) groups is 1. The standard InChI is InChI=1S/C26H38N6O2S/c1-18-17-34-15-14-32(18)23-16-22(26(2,3)35-5)29-24(30-23)19-6-8-20(9-7-19)27-25(33)28-21-10-12-31(4)13-11-21/h6-9,16,18,21H,10-15,17H2,1-5H3,(H2,27,28,33)/t18-/m0/s1. The molecule has 2 aromatic rings. The van der Waals surface area contributed by atoms with E-state index in [4.69, 9.17) is 14.7 Å². The van der Waals surface area contributed by atoms with Gasteiger partial charge in [0.2, 0.25) is 0 Å². The van der Waals surface area contributed by atoms with Crippen LogP contribution in [-0.4, -0.2) is 79.1 Å². The molecule has 0 radical (unpaired) electrons. The largest absolute Gasteiger partial charge is 0.377 e. The van der Waals surface area contributed by atoms with Gasteiger partial charge < -0.3 is 25.2 Å². The smallest absolute Gasteiger partial charge is 0.319 e. The number of nitrogens with one attached hydrogen (secondary N) is 2. The lowest BCUT2D eigenvalue weighted by atomic mass is 10.1. The van der Waals surface area contributed by atoms with E-state index in [2.05, 4.69) is 60.6 Å². The van der Waals surface area contributed by atoms with Crippen LogP contribution in [0, 0.1) is 0 Å². The summed E-state index contributed by atoms with van der Waals surface area (Å²) in [6.45, 7) is 10.8. The van der Waals surface area contributed by atoms with Crippen molar-refractivity contribution in [1.82, 2.24) is 20.2 Å². The van der Waals surface area contributed by atoms with Crippen molar-refractivity contribution in [3.05, 3.63) is 36.0 Å².